The molecule has 0 spiro atoms. The second kappa shape index (κ2) is 8.65. The molecule has 0 atom stereocenters. The van der Waals surface area contributed by atoms with E-state index in [0.717, 1.165) is 5.56 Å². The van der Waals surface area contributed by atoms with Crippen molar-refractivity contribution in [2.45, 2.75) is 31.3 Å². The van der Waals surface area contributed by atoms with E-state index in [1.807, 2.05) is 44.2 Å². The minimum absolute atomic E-state index is 0.0173. The molecule has 0 bridgehead atoms. The van der Waals surface area contributed by atoms with Crippen LogP contribution in [-0.2, 0) is 16.7 Å². The molecular weight excluding hydrogens is 435 g/mol. The molecule has 2 aromatic carbocycles. The number of hydrogen-bond acceptors (Lipinski definition) is 5. The van der Waals surface area contributed by atoms with Gasteiger partial charge in [0.15, 0.2) is 0 Å². The fourth-order valence-electron chi connectivity index (χ4n) is 2.88. The lowest BCUT2D eigenvalue weighted by Crippen LogP contribution is -2.18. The maximum Gasteiger partial charge on any atom is 0.357 e. The first-order valence-corrected chi connectivity index (χ1v) is 11.0. The van der Waals surface area contributed by atoms with E-state index in [4.69, 9.17) is 32.1 Å². The van der Waals surface area contributed by atoms with Gasteiger partial charge in [-0.15, -0.1) is 0 Å². The van der Waals surface area contributed by atoms with Gasteiger partial charge in [0.2, 0.25) is 5.03 Å². The van der Waals surface area contributed by atoms with Gasteiger partial charge in [0.05, 0.1) is 19.3 Å². The van der Waals surface area contributed by atoms with Crippen molar-refractivity contribution in [1.82, 2.24) is 9.55 Å². The van der Waals surface area contributed by atoms with Crippen molar-refractivity contribution in [3.8, 4) is 11.8 Å². The van der Waals surface area contributed by atoms with E-state index in [1.165, 1.54) is 29.9 Å². The zero-order chi connectivity index (χ0) is 21.2. The van der Waals surface area contributed by atoms with Gasteiger partial charge in [0.1, 0.15) is 5.75 Å². The van der Waals surface area contributed by atoms with E-state index in [2.05, 4.69) is 4.98 Å². The monoisotopic (exact) mass is 454 g/mol. The molecule has 0 radical (unpaired) electrons. The van der Waals surface area contributed by atoms with E-state index >= 15 is 0 Å². The molecule has 29 heavy (non-hydrogen) atoms. The summed E-state index contributed by atoms with van der Waals surface area (Å²) in [5, 5.41) is 0.466. The van der Waals surface area contributed by atoms with Crippen LogP contribution in [0.1, 0.15) is 31.0 Å². The van der Waals surface area contributed by atoms with Crippen molar-refractivity contribution in [1.29, 1.82) is 0 Å². The number of hydrogen-bond donors (Lipinski definition) is 0. The smallest absolute Gasteiger partial charge is 0.357 e. The van der Waals surface area contributed by atoms with Gasteiger partial charge in [-0.3, -0.25) is 4.57 Å². The molecule has 0 unspecified atom stereocenters. The number of nitrogens with zero attached hydrogens (tertiary/aromatic N) is 2. The Hall–Kier alpha value is -2.22. The number of imidazole rings is 1. The third-order valence-electron chi connectivity index (χ3n) is 4.10. The molecule has 1 heterocycles. The molecule has 9 heteroatoms. The highest BCUT2D eigenvalue weighted by Gasteiger charge is 2.32. The van der Waals surface area contributed by atoms with Crippen molar-refractivity contribution >= 4 is 33.3 Å². The van der Waals surface area contributed by atoms with Gasteiger partial charge in [0.25, 0.3) is 6.01 Å². The zero-order valence-corrected chi connectivity index (χ0v) is 18.4. The summed E-state index contributed by atoms with van der Waals surface area (Å²) in [6.07, 6.45) is 0. The minimum Gasteiger partial charge on any atom is -0.468 e. The predicted molar refractivity (Wildman–Crippen MR) is 113 cm³/mol. The van der Waals surface area contributed by atoms with Gasteiger partial charge in [-0.25, -0.2) is 0 Å². The Bertz CT molecular complexity index is 1090. The molecule has 0 fully saturated rings. The van der Waals surface area contributed by atoms with Gasteiger partial charge in [0, 0.05) is 22.2 Å². The summed E-state index contributed by atoms with van der Waals surface area (Å²) in [6, 6.07) is 13.9. The highest BCUT2D eigenvalue weighted by molar-refractivity contribution is 7.87. The Morgan fingerprint density at radius 2 is 1.69 bits per heavy atom. The quantitative estimate of drug-likeness (QED) is 0.462. The van der Waals surface area contributed by atoms with Crippen molar-refractivity contribution in [3.63, 3.8) is 0 Å². The number of methoxy groups -OCH3 is 1. The van der Waals surface area contributed by atoms with Crippen LogP contribution in [-0.4, -0.2) is 25.1 Å². The molecule has 3 rings (SSSR count). The van der Waals surface area contributed by atoms with Crippen LogP contribution in [0.5, 0.6) is 11.8 Å². The molecule has 0 amide bonds. The molecule has 0 saturated heterocycles. The Morgan fingerprint density at radius 1 is 1.07 bits per heavy atom. The standard InChI is InChI=1S/C20H20Cl2N2O4S/c1-13(2)18-19(29(25,26)28-17-10-15(21)9-16(22)11-17)24(20(23-18)27-3)12-14-7-5-4-6-8-14/h4-11,13H,12H2,1-3H3. The predicted octanol–water partition coefficient (Wildman–Crippen LogP) is 5.14. The summed E-state index contributed by atoms with van der Waals surface area (Å²) < 4.78 is 38.7. The van der Waals surface area contributed by atoms with Crippen LogP contribution in [0.3, 0.4) is 0 Å². The number of aromatic nitrogens is 2. The summed E-state index contributed by atoms with van der Waals surface area (Å²) in [7, 11) is -2.81. The van der Waals surface area contributed by atoms with Crippen molar-refractivity contribution in [2.75, 3.05) is 7.11 Å². The molecule has 0 saturated carbocycles. The Labute approximate surface area is 180 Å². The number of ether oxygens (including phenoxy) is 1. The Morgan fingerprint density at radius 3 is 2.24 bits per heavy atom. The summed E-state index contributed by atoms with van der Waals surface area (Å²) in [6.45, 7) is 3.95. The number of rotatable bonds is 7. The van der Waals surface area contributed by atoms with Crippen molar-refractivity contribution < 1.29 is 17.3 Å². The molecule has 1 aromatic heterocycles. The van der Waals surface area contributed by atoms with E-state index in [9.17, 15) is 8.42 Å². The maximum atomic E-state index is 13.3. The van der Waals surface area contributed by atoms with Crippen LogP contribution in [0.15, 0.2) is 53.6 Å². The largest absolute Gasteiger partial charge is 0.468 e. The summed E-state index contributed by atoms with van der Waals surface area (Å²) in [5.74, 6) is -0.166. The van der Waals surface area contributed by atoms with Crippen molar-refractivity contribution in [2.24, 2.45) is 0 Å². The minimum atomic E-state index is -4.26. The molecular formula is C20H20Cl2N2O4S. The van der Waals surface area contributed by atoms with Crippen molar-refractivity contribution in [3.05, 3.63) is 69.8 Å². The molecule has 3 aromatic rings. The fourth-order valence-corrected chi connectivity index (χ4v) is 4.76. The second-order valence-electron chi connectivity index (χ2n) is 6.66. The summed E-state index contributed by atoms with van der Waals surface area (Å²) >= 11 is 12.0. The van der Waals surface area contributed by atoms with Gasteiger partial charge >= 0.3 is 10.1 Å². The lowest BCUT2D eigenvalue weighted by atomic mass is 10.1. The third kappa shape index (κ3) is 4.86. The number of benzene rings is 2. The molecule has 0 aliphatic carbocycles. The van der Waals surface area contributed by atoms with Gasteiger partial charge in [-0.05, 0) is 17.5 Å². The third-order valence-corrected chi connectivity index (χ3v) is 5.85. The first-order chi connectivity index (χ1) is 13.7. The second-order valence-corrected chi connectivity index (χ2v) is 8.99. The zero-order valence-electron chi connectivity index (χ0n) is 16.1. The molecule has 154 valence electrons. The van der Waals surface area contributed by atoms with Crippen LogP contribution in [0, 0.1) is 0 Å². The lowest BCUT2D eigenvalue weighted by molar-refractivity contribution is 0.354. The van der Waals surface area contributed by atoms with Gasteiger partial charge in [-0.1, -0.05) is 67.4 Å². The van der Waals surface area contributed by atoms with E-state index in [0.29, 0.717) is 5.69 Å². The Balaban J connectivity index is 2.13. The van der Waals surface area contributed by atoms with Crippen LogP contribution in [0.2, 0.25) is 10.0 Å². The fraction of sp³-hybridized carbons (Fsp3) is 0.250. The highest BCUT2D eigenvalue weighted by Crippen LogP contribution is 2.32. The SMILES string of the molecule is COc1nc(C(C)C)c(S(=O)(=O)Oc2cc(Cl)cc(Cl)c2)n1Cc1ccccc1. The topological polar surface area (TPSA) is 70.4 Å². The first kappa shape index (κ1) is 21.5. The lowest BCUT2D eigenvalue weighted by Gasteiger charge is -2.14. The van der Waals surface area contributed by atoms with Crippen LogP contribution >= 0.6 is 23.2 Å². The van der Waals surface area contributed by atoms with Crippen LogP contribution < -0.4 is 8.92 Å². The summed E-state index contributed by atoms with van der Waals surface area (Å²) in [4.78, 5) is 4.40. The number of halogens is 2. The van der Waals surface area contributed by atoms with E-state index in [-0.39, 0.29) is 39.3 Å². The summed E-state index contributed by atoms with van der Waals surface area (Å²) in [5.41, 5.74) is 1.24. The normalized spacial score (nSPS) is 11.7. The molecule has 0 N–H and O–H groups in total. The van der Waals surface area contributed by atoms with Crippen LogP contribution in [0.4, 0.5) is 0 Å². The average molecular weight is 455 g/mol. The molecule has 6 nitrogen and oxygen atoms in total. The first-order valence-electron chi connectivity index (χ1n) is 8.80. The van der Waals surface area contributed by atoms with E-state index < -0.39 is 10.1 Å². The average Bonchev–Trinajstić information content (AvgIpc) is 3.01. The maximum absolute atomic E-state index is 13.3. The molecule has 0 aliphatic rings. The van der Waals surface area contributed by atoms with E-state index in [1.54, 1.807) is 0 Å². The Kier molecular flexibility index (Phi) is 6.41. The van der Waals surface area contributed by atoms with Crippen LogP contribution in [0.25, 0.3) is 0 Å². The van der Waals surface area contributed by atoms with Gasteiger partial charge < -0.3 is 8.92 Å². The highest BCUT2D eigenvalue weighted by atomic mass is 35.5. The van der Waals surface area contributed by atoms with Gasteiger partial charge in [-0.2, -0.15) is 13.4 Å². The molecule has 0 aliphatic heterocycles.